The molecule has 0 saturated carbocycles. The van der Waals surface area contributed by atoms with Gasteiger partial charge in [-0.1, -0.05) is 0 Å². The Morgan fingerprint density at radius 3 is 1.94 bits per heavy atom. The van der Waals surface area contributed by atoms with Crippen LogP contribution in [-0.2, 0) is 19.1 Å². The van der Waals surface area contributed by atoms with Gasteiger partial charge in [0.1, 0.15) is 0 Å². The van der Waals surface area contributed by atoms with E-state index in [1.807, 2.05) is 0 Å². The van der Waals surface area contributed by atoms with Crippen LogP contribution < -0.4 is 0 Å². The molecule has 18 heavy (non-hydrogen) atoms. The normalized spacial score (nSPS) is 24.9. The van der Waals surface area contributed by atoms with Gasteiger partial charge in [0, 0.05) is 11.8 Å². The number of ether oxygens (including phenoxy) is 2. The predicted octanol–water partition coefficient (Wildman–Crippen LogP) is 1.56. The van der Waals surface area contributed by atoms with Gasteiger partial charge in [-0.25, -0.2) is 0 Å². The number of esters is 1. The zero-order valence-electron chi connectivity index (χ0n) is 11.6. The van der Waals surface area contributed by atoms with Crippen LogP contribution in [0, 0.1) is 22.7 Å². The molecule has 1 aliphatic rings. The summed E-state index contributed by atoms with van der Waals surface area (Å²) in [6.45, 7) is 7.67. The third-order valence-corrected chi connectivity index (χ3v) is 4.20. The number of carboxylic acids is 1. The Morgan fingerprint density at radius 2 is 1.56 bits per heavy atom. The first-order valence-electron chi connectivity index (χ1n) is 6.05. The third-order valence-electron chi connectivity index (χ3n) is 4.20. The minimum absolute atomic E-state index is 0.156. The van der Waals surface area contributed by atoms with Gasteiger partial charge in [0.2, 0.25) is 0 Å². The molecule has 0 aliphatic carbocycles. The number of rotatable bonds is 4. The van der Waals surface area contributed by atoms with E-state index in [4.69, 9.17) is 9.47 Å². The van der Waals surface area contributed by atoms with Gasteiger partial charge in [-0.05, 0) is 27.7 Å². The monoisotopic (exact) mass is 258 g/mol. The fourth-order valence-electron chi connectivity index (χ4n) is 2.55. The van der Waals surface area contributed by atoms with Crippen LogP contribution in [0.25, 0.3) is 0 Å². The van der Waals surface area contributed by atoms with Crippen LogP contribution in [0.2, 0.25) is 0 Å². The molecule has 0 radical (unpaired) electrons. The molecule has 5 nitrogen and oxygen atoms in total. The van der Waals surface area contributed by atoms with Crippen LogP contribution in [0.1, 0.15) is 27.7 Å². The van der Waals surface area contributed by atoms with E-state index >= 15 is 0 Å². The zero-order chi connectivity index (χ0) is 14.1. The van der Waals surface area contributed by atoms with Crippen molar-refractivity contribution in [3.8, 4) is 0 Å². The molecule has 0 amide bonds. The molecule has 1 fully saturated rings. The average Bonchev–Trinajstić information content (AvgIpc) is 2.77. The van der Waals surface area contributed by atoms with E-state index in [0.29, 0.717) is 13.2 Å². The molecule has 0 aromatic rings. The number of hydrogen-bond acceptors (Lipinski definition) is 4. The van der Waals surface area contributed by atoms with Crippen LogP contribution in [-0.4, -0.2) is 37.4 Å². The lowest BCUT2D eigenvalue weighted by molar-refractivity contribution is -0.160. The van der Waals surface area contributed by atoms with Crippen LogP contribution >= 0.6 is 0 Å². The van der Waals surface area contributed by atoms with Gasteiger partial charge in [0.25, 0.3) is 0 Å². The maximum Gasteiger partial charge on any atom is 0.311 e. The minimum atomic E-state index is -0.924. The molecule has 1 saturated heterocycles. The second-order valence-corrected chi connectivity index (χ2v) is 5.99. The molecule has 1 heterocycles. The molecule has 0 aromatic heterocycles. The summed E-state index contributed by atoms with van der Waals surface area (Å²) in [6.07, 6.45) is 0. The highest BCUT2D eigenvalue weighted by molar-refractivity contribution is 5.77. The lowest BCUT2D eigenvalue weighted by Crippen LogP contribution is -2.45. The molecular formula is C13H22O5. The van der Waals surface area contributed by atoms with E-state index in [9.17, 15) is 14.7 Å². The van der Waals surface area contributed by atoms with Crippen LogP contribution in [0.4, 0.5) is 0 Å². The number of carbonyl (C=O) groups excluding carboxylic acids is 1. The molecule has 1 aliphatic heterocycles. The molecule has 1 rings (SSSR count). The highest BCUT2D eigenvalue weighted by Gasteiger charge is 2.52. The number of carboxylic acid groups (broad SMARTS) is 1. The molecule has 104 valence electrons. The first-order valence-corrected chi connectivity index (χ1v) is 6.05. The number of aliphatic carboxylic acids is 1. The van der Waals surface area contributed by atoms with Crippen molar-refractivity contribution in [2.24, 2.45) is 22.7 Å². The van der Waals surface area contributed by atoms with Gasteiger partial charge in [-0.2, -0.15) is 0 Å². The van der Waals surface area contributed by atoms with Crippen molar-refractivity contribution in [2.75, 3.05) is 20.3 Å². The molecular weight excluding hydrogens is 236 g/mol. The van der Waals surface area contributed by atoms with E-state index < -0.39 is 16.8 Å². The SMILES string of the molecule is COC(=O)C(C)(C)C1COCC1C(C)(C)C(=O)O. The highest BCUT2D eigenvalue weighted by Crippen LogP contribution is 2.46. The Bertz CT molecular complexity index is 345. The molecule has 5 heteroatoms. The Balaban J connectivity index is 3.03. The van der Waals surface area contributed by atoms with Gasteiger partial charge < -0.3 is 14.6 Å². The van der Waals surface area contributed by atoms with Crippen molar-refractivity contribution in [3.63, 3.8) is 0 Å². The fourth-order valence-corrected chi connectivity index (χ4v) is 2.55. The van der Waals surface area contributed by atoms with Gasteiger partial charge in [-0.15, -0.1) is 0 Å². The first-order chi connectivity index (χ1) is 8.15. The number of carbonyl (C=O) groups is 2. The molecule has 2 unspecified atom stereocenters. The number of methoxy groups -OCH3 is 1. The van der Waals surface area contributed by atoms with Crippen molar-refractivity contribution in [1.29, 1.82) is 0 Å². The van der Waals surface area contributed by atoms with Crippen LogP contribution in [0.3, 0.4) is 0 Å². The molecule has 0 spiro atoms. The van der Waals surface area contributed by atoms with Crippen molar-refractivity contribution in [1.82, 2.24) is 0 Å². The van der Waals surface area contributed by atoms with Gasteiger partial charge in [0.15, 0.2) is 0 Å². The van der Waals surface area contributed by atoms with Gasteiger partial charge in [0.05, 0.1) is 31.2 Å². The first kappa shape index (κ1) is 15.0. The van der Waals surface area contributed by atoms with E-state index in [0.717, 1.165) is 0 Å². The van der Waals surface area contributed by atoms with Gasteiger partial charge in [-0.3, -0.25) is 9.59 Å². The zero-order valence-corrected chi connectivity index (χ0v) is 11.6. The van der Waals surface area contributed by atoms with E-state index in [-0.39, 0.29) is 17.8 Å². The summed E-state index contributed by atoms with van der Waals surface area (Å²) in [6, 6.07) is 0. The molecule has 1 N–H and O–H groups in total. The Kier molecular flexibility index (Phi) is 4.05. The lowest BCUT2D eigenvalue weighted by Gasteiger charge is -2.37. The summed E-state index contributed by atoms with van der Waals surface area (Å²) >= 11 is 0. The largest absolute Gasteiger partial charge is 0.481 e. The second kappa shape index (κ2) is 4.88. The second-order valence-electron chi connectivity index (χ2n) is 5.99. The van der Waals surface area contributed by atoms with E-state index in [1.165, 1.54) is 7.11 Å². The van der Waals surface area contributed by atoms with Gasteiger partial charge >= 0.3 is 11.9 Å². The smallest absolute Gasteiger partial charge is 0.311 e. The summed E-state index contributed by atoms with van der Waals surface area (Å²) < 4.78 is 10.2. The Hall–Kier alpha value is -1.10. The molecule has 2 atom stereocenters. The summed E-state index contributed by atoms with van der Waals surface area (Å²) in [5.74, 6) is -1.56. The van der Waals surface area contributed by atoms with E-state index in [2.05, 4.69) is 0 Å². The lowest BCUT2D eigenvalue weighted by atomic mass is 9.64. The van der Waals surface area contributed by atoms with E-state index in [1.54, 1.807) is 27.7 Å². The Labute approximate surface area is 107 Å². The predicted molar refractivity (Wildman–Crippen MR) is 65.0 cm³/mol. The summed E-state index contributed by atoms with van der Waals surface area (Å²) in [7, 11) is 1.34. The summed E-state index contributed by atoms with van der Waals surface area (Å²) in [5, 5.41) is 9.31. The maximum absolute atomic E-state index is 11.8. The Morgan fingerprint density at radius 1 is 1.11 bits per heavy atom. The third kappa shape index (κ3) is 2.36. The summed E-state index contributed by atoms with van der Waals surface area (Å²) in [4.78, 5) is 23.2. The average molecular weight is 258 g/mol. The minimum Gasteiger partial charge on any atom is -0.481 e. The van der Waals surface area contributed by atoms with Crippen molar-refractivity contribution < 1.29 is 24.2 Å². The standard InChI is InChI=1S/C13H22O5/c1-12(2,10(14)15)8-6-18-7-9(8)13(3,4)11(16)17-5/h8-9H,6-7H2,1-5H3,(H,14,15). The maximum atomic E-state index is 11.8. The fraction of sp³-hybridized carbons (Fsp3) is 0.846. The number of hydrogen-bond donors (Lipinski definition) is 1. The van der Waals surface area contributed by atoms with Crippen LogP contribution in [0.5, 0.6) is 0 Å². The van der Waals surface area contributed by atoms with Crippen molar-refractivity contribution in [3.05, 3.63) is 0 Å². The summed E-state index contributed by atoms with van der Waals surface area (Å²) in [5.41, 5.74) is -1.67. The molecule has 0 bridgehead atoms. The topological polar surface area (TPSA) is 72.8 Å². The van der Waals surface area contributed by atoms with Crippen molar-refractivity contribution in [2.45, 2.75) is 27.7 Å². The quantitative estimate of drug-likeness (QED) is 0.775. The van der Waals surface area contributed by atoms with Crippen molar-refractivity contribution >= 4 is 11.9 Å². The highest BCUT2D eigenvalue weighted by atomic mass is 16.5. The van der Waals surface area contributed by atoms with Crippen LogP contribution in [0.15, 0.2) is 0 Å². The molecule has 0 aromatic carbocycles.